The van der Waals surface area contributed by atoms with Crippen LogP contribution in [0.1, 0.15) is 61.2 Å². The number of hydrogen-bond donors (Lipinski definition) is 3. The molecule has 1 aromatic carbocycles. The molecular formula is C26H28N8O3S2. The quantitative estimate of drug-likeness (QED) is 0.317. The molecule has 2 heterocycles. The number of carbonyl (C=O) groups excluding carboxylic acids is 1. The maximum atomic E-state index is 13.1. The molecule has 3 rings (SSSR count). The van der Waals surface area contributed by atoms with Crippen molar-refractivity contribution in [2.45, 2.75) is 62.1 Å². The standard InChI is InChI=1S/C26H28N8O3S2/c1-6-21(38-25-20(13-28)22(14(2)3)19(12-27)23(29)33-25)24(35)32-17-7-9-18(10-8-17)39(36,37)34-26-30-15(4)11-16(5)31-26/h7-11,14,21H,6H2,1-5H3,(H2,29,33)(H,32,35)(H,30,31,34). The van der Waals surface area contributed by atoms with Crippen LogP contribution in [0.3, 0.4) is 0 Å². The van der Waals surface area contributed by atoms with E-state index in [1.54, 1.807) is 19.9 Å². The van der Waals surface area contributed by atoms with Crippen LogP contribution in [0.2, 0.25) is 0 Å². The first-order valence-electron chi connectivity index (χ1n) is 12.0. The van der Waals surface area contributed by atoms with Crippen LogP contribution in [0.4, 0.5) is 17.5 Å². The summed E-state index contributed by atoms with van der Waals surface area (Å²) in [5, 5.41) is 21.7. The molecular weight excluding hydrogens is 536 g/mol. The van der Waals surface area contributed by atoms with E-state index in [1.807, 2.05) is 26.8 Å². The fourth-order valence-electron chi connectivity index (χ4n) is 3.84. The lowest BCUT2D eigenvalue weighted by Gasteiger charge is -2.18. The minimum Gasteiger partial charge on any atom is -0.383 e. The Morgan fingerprint density at radius 1 is 1.05 bits per heavy atom. The fourth-order valence-corrected chi connectivity index (χ4v) is 5.81. The van der Waals surface area contributed by atoms with Gasteiger partial charge in [0.05, 0.1) is 21.3 Å². The number of carbonyl (C=O) groups is 1. The Balaban J connectivity index is 1.79. The number of sulfonamides is 1. The SMILES string of the molecule is CCC(Sc1nc(N)c(C#N)c(C(C)C)c1C#N)C(=O)Nc1ccc(S(=O)(=O)Nc2nc(C)cc(C)n2)cc1. The van der Waals surface area contributed by atoms with Gasteiger partial charge in [-0.25, -0.2) is 28.1 Å². The third kappa shape index (κ3) is 6.82. The first-order valence-corrected chi connectivity index (χ1v) is 14.3. The number of hydrogen-bond acceptors (Lipinski definition) is 10. The van der Waals surface area contributed by atoms with Gasteiger partial charge in [0, 0.05) is 17.1 Å². The van der Waals surface area contributed by atoms with E-state index in [0.717, 1.165) is 11.8 Å². The highest BCUT2D eigenvalue weighted by Crippen LogP contribution is 2.35. The third-order valence-corrected chi connectivity index (χ3v) is 8.28. The number of rotatable bonds is 9. The third-order valence-electron chi connectivity index (χ3n) is 5.59. The topological polar surface area (TPSA) is 188 Å². The number of anilines is 3. The Bertz CT molecular complexity index is 1570. The number of aromatic nitrogens is 3. The highest BCUT2D eigenvalue weighted by molar-refractivity contribution is 8.00. The van der Waals surface area contributed by atoms with Gasteiger partial charge in [-0.3, -0.25) is 4.79 Å². The van der Waals surface area contributed by atoms with Gasteiger partial charge >= 0.3 is 0 Å². The molecule has 0 fully saturated rings. The zero-order valence-corrected chi connectivity index (χ0v) is 23.7. The minimum atomic E-state index is -3.95. The second-order valence-electron chi connectivity index (χ2n) is 8.95. The van der Waals surface area contributed by atoms with E-state index in [-0.39, 0.29) is 44.6 Å². The lowest BCUT2D eigenvalue weighted by molar-refractivity contribution is -0.115. The van der Waals surface area contributed by atoms with E-state index in [0.29, 0.717) is 29.1 Å². The van der Waals surface area contributed by atoms with E-state index in [2.05, 4.69) is 31.1 Å². The number of nitrogens with two attached hydrogens (primary N) is 1. The summed E-state index contributed by atoms with van der Waals surface area (Å²) in [5.74, 6) is -0.532. The van der Waals surface area contributed by atoms with Crippen molar-refractivity contribution < 1.29 is 13.2 Å². The monoisotopic (exact) mass is 564 g/mol. The largest absolute Gasteiger partial charge is 0.383 e. The van der Waals surface area contributed by atoms with Gasteiger partial charge in [-0.1, -0.05) is 32.5 Å². The Hall–Kier alpha value is -4.20. The number of nitrogens with zero attached hydrogens (tertiary/aromatic N) is 5. The smallest absolute Gasteiger partial charge is 0.264 e. The van der Waals surface area contributed by atoms with Crippen molar-refractivity contribution >= 4 is 45.1 Å². The number of nitrogen functional groups attached to an aromatic ring is 1. The molecule has 202 valence electrons. The van der Waals surface area contributed by atoms with Gasteiger partial charge in [-0.2, -0.15) is 10.5 Å². The van der Waals surface area contributed by atoms with Crippen molar-refractivity contribution in [3.05, 3.63) is 58.4 Å². The van der Waals surface area contributed by atoms with E-state index >= 15 is 0 Å². The molecule has 0 aliphatic rings. The van der Waals surface area contributed by atoms with E-state index in [1.165, 1.54) is 24.3 Å². The molecule has 1 unspecified atom stereocenters. The van der Waals surface area contributed by atoms with Crippen molar-refractivity contribution in [2.24, 2.45) is 0 Å². The predicted molar refractivity (Wildman–Crippen MR) is 149 cm³/mol. The van der Waals surface area contributed by atoms with Crippen molar-refractivity contribution in [3.63, 3.8) is 0 Å². The molecule has 11 nitrogen and oxygen atoms in total. The molecule has 0 bridgehead atoms. The first-order chi connectivity index (χ1) is 18.4. The zero-order valence-electron chi connectivity index (χ0n) is 22.1. The van der Waals surface area contributed by atoms with Gasteiger partial charge in [0.25, 0.3) is 10.0 Å². The molecule has 0 radical (unpaired) electrons. The van der Waals surface area contributed by atoms with Crippen LogP contribution in [0.15, 0.2) is 40.3 Å². The Morgan fingerprint density at radius 2 is 1.64 bits per heavy atom. The molecule has 0 aliphatic carbocycles. The summed E-state index contributed by atoms with van der Waals surface area (Å²) >= 11 is 1.09. The van der Waals surface area contributed by atoms with Crippen LogP contribution in [0, 0.1) is 36.5 Å². The average Bonchev–Trinajstić information content (AvgIpc) is 2.86. The molecule has 1 atom stereocenters. The van der Waals surface area contributed by atoms with Crippen LogP contribution in [-0.2, 0) is 14.8 Å². The highest BCUT2D eigenvalue weighted by Gasteiger charge is 2.26. The summed E-state index contributed by atoms with van der Waals surface area (Å²) in [5.41, 5.74) is 8.53. The molecule has 13 heteroatoms. The molecule has 0 saturated carbocycles. The summed E-state index contributed by atoms with van der Waals surface area (Å²) in [6.07, 6.45) is 0.409. The summed E-state index contributed by atoms with van der Waals surface area (Å²) in [7, 11) is -3.95. The fraction of sp³-hybridized carbons (Fsp3) is 0.308. The van der Waals surface area contributed by atoms with Crippen molar-refractivity contribution in [2.75, 3.05) is 15.8 Å². The lowest BCUT2D eigenvalue weighted by Crippen LogP contribution is -2.25. The minimum absolute atomic E-state index is 0.00888. The molecule has 0 spiro atoms. The summed E-state index contributed by atoms with van der Waals surface area (Å²) in [6.45, 7) is 8.99. The van der Waals surface area contributed by atoms with E-state index in [4.69, 9.17) is 5.73 Å². The van der Waals surface area contributed by atoms with Gasteiger partial charge in [0.2, 0.25) is 11.9 Å². The summed E-state index contributed by atoms with van der Waals surface area (Å²) in [6, 6.07) is 11.5. The molecule has 2 aromatic heterocycles. The van der Waals surface area contributed by atoms with E-state index < -0.39 is 15.3 Å². The maximum Gasteiger partial charge on any atom is 0.264 e. The molecule has 0 saturated heterocycles. The highest BCUT2D eigenvalue weighted by atomic mass is 32.2. The average molecular weight is 565 g/mol. The Kier molecular flexibility index (Phi) is 9.11. The number of nitriles is 2. The van der Waals surface area contributed by atoms with Gasteiger partial charge in [0.1, 0.15) is 23.0 Å². The molecule has 1 amide bonds. The Labute approximate surface area is 231 Å². The Morgan fingerprint density at radius 3 is 2.15 bits per heavy atom. The van der Waals surface area contributed by atoms with Gasteiger partial charge in [-0.05, 0) is 62.1 Å². The lowest BCUT2D eigenvalue weighted by atomic mass is 9.94. The van der Waals surface area contributed by atoms with Crippen LogP contribution in [0.5, 0.6) is 0 Å². The van der Waals surface area contributed by atoms with E-state index in [9.17, 15) is 23.7 Å². The van der Waals surface area contributed by atoms with Crippen molar-refractivity contribution in [1.29, 1.82) is 10.5 Å². The second kappa shape index (κ2) is 12.1. The molecule has 3 aromatic rings. The number of pyridine rings is 1. The molecule has 39 heavy (non-hydrogen) atoms. The van der Waals surface area contributed by atoms with Crippen LogP contribution in [0.25, 0.3) is 0 Å². The van der Waals surface area contributed by atoms with Gasteiger partial charge in [-0.15, -0.1) is 0 Å². The summed E-state index contributed by atoms with van der Waals surface area (Å²) in [4.78, 5) is 25.5. The second-order valence-corrected chi connectivity index (χ2v) is 11.8. The first kappa shape index (κ1) is 29.4. The maximum absolute atomic E-state index is 13.1. The number of benzene rings is 1. The number of nitrogens with one attached hydrogen (secondary N) is 2. The van der Waals surface area contributed by atoms with Crippen molar-refractivity contribution in [1.82, 2.24) is 15.0 Å². The normalized spacial score (nSPS) is 11.9. The predicted octanol–water partition coefficient (Wildman–Crippen LogP) is 4.25. The number of amides is 1. The van der Waals surface area contributed by atoms with Crippen LogP contribution < -0.4 is 15.8 Å². The zero-order chi connectivity index (χ0) is 28.9. The summed E-state index contributed by atoms with van der Waals surface area (Å²) < 4.78 is 27.9. The van der Waals surface area contributed by atoms with Crippen LogP contribution >= 0.6 is 11.8 Å². The van der Waals surface area contributed by atoms with Gasteiger partial charge in [0.15, 0.2) is 0 Å². The number of thioether (sulfide) groups is 1. The molecule has 0 aliphatic heterocycles. The van der Waals surface area contributed by atoms with Crippen molar-refractivity contribution in [3.8, 4) is 12.1 Å². The van der Waals surface area contributed by atoms with Gasteiger partial charge < -0.3 is 11.1 Å². The van der Waals surface area contributed by atoms with Crippen LogP contribution in [-0.4, -0.2) is 34.5 Å². The number of aryl methyl sites for hydroxylation is 2. The molecule has 4 N–H and O–H groups in total.